The predicted octanol–water partition coefficient (Wildman–Crippen LogP) is 3.70. The van der Waals surface area contributed by atoms with Gasteiger partial charge in [0.25, 0.3) is 5.91 Å². The van der Waals surface area contributed by atoms with E-state index >= 15 is 0 Å². The second kappa shape index (κ2) is 9.30. The molecule has 24 heavy (non-hydrogen) atoms. The molecule has 130 valence electrons. The van der Waals surface area contributed by atoms with E-state index in [1.807, 2.05) is 48.5 Å². The van der Waals surface area contributed by atoms with E-state index in [-0.39, 0.29) is 30.3 Å². The molecule has 2 aromatic carbocycles. The number of rotatable bonds is 6. The Kier molecular flexibility index (Phi) is 7.75. The third-order valence-corrected chi connectivity index (χ3v) is 3.88. The highest BCUT2D eigenvalue weighted by molar-refractivity contribution is 5.94. The normalized spacial score (nSPS) is 11.5. The zero-order valence-electron chi connectivity index (χ0n) is 14.3. The van der Waals surface area contributed by atoms with Crippen molar-refractivity contribution >= 4 is 18.3 Å². The fraction of sp³-hybridized carbons (Fsp3) is 0.316. The molecule has 0 radical (unpaired) electrons. The standard InChI is InChI=1S/C19H24N2O2.ClH/c1-13(2)18(15-8-10-17(23-3)11-9-15)21-19(22)16-6-4-14(12-20)5-7-16;/h4-11,13,18H,12,20H2,1-3H3,(H,21,22);1H. The second-order valence-electron chi connectivity index (χ2n) is 5.87. The van der Waals surface area contributed by atoms with Crippen LogP contribution in [0.1, 0.15) is 41.4 Å². The zero-order valence-corrected chi connectivity index (χ0v) is 15.1. The van der Waals surface area contributed by atoms with Crippen LogP contribution in [0.15, 0.2) is 48.5 Å². The molecule has 0 heterocycles. The molecular weight excluding hydrogens is 324 g/mol. The average Bonchev–Trinajstić information content (AvgIpc) is 2.59. The van der Waals surface area contributed by atoms with Gasteiger partial charge in [-0.3, -0.25) is 4.79 Å². The molecule has 0 aliphatic rings. The number of hydrogen-bond acceptors (Lipinski definition) is 3. The lowest BCUT2D eigenvalue weighted by Gasteiger charge is -2.23. The first kappa shape index (κ1) is 20.0. The topological polar surface area (TPSA) is 64.3 Å². The molecule has 5 heteroatoms. The van der Waals surface area contributed by atoms with Gasteiger partial charge in [-0.1, -0.05) is 38.1 Å². The van der Waals surface area contributed by atoms with Crippen molar-refractivity contribution in [2.45, 2.75) is 26.4 Å². The molecule has 1 unspecified atom stereocenters. The van der Waals surface area contributed by atoms with E-state index in [0.29, 0.717) is 12.1 Å². The molecule has 0 bridgehead atoms. The van der Waals surface area contributed by atoms with E-state index in [0.717, 1.165) is 16.9 Å². The summed E-state index contributed by atoms with van der Waals surface area (Å²) >= 11 is 0. The predicted molar refractivity (Wildman–Crippen MR) is 99.6 cm³/mol. The summed E-state index contributed by atoms with van der Waals surface area (Å²) in [6, 6.07) is 15.1. The molecule has 4 nitrogen and oxygen atoms in total. The van der Waals surface area contributed by atoms with Crippen molar-refractivity contribution in [1.82, 2.24) is 5.32 Å². The Hall–Kier alpha value is -2.04. The van der Waals surface area contributed by atoms with Crippen LogP contribution in [-0.2, 0) is 6.54 Å². The van der Waals surface area contributed by atoms with Crippen molar-refractivity contribution in [3.8, 4) is 5.75 Å². The Bertz CT molecular complexity index is 639. The number of amides is 1. The van der Waals surface area contributed by atoms with Gasteiger partial charge < -0.3 is 15.8 Å². The van der Waals surface area contributed by atoms with Crippen LogP contribution < -0.4 is 15.8 Å². The largest absolute Gasteiger partial charge is 0.497 e. The van der Waals surface area contributed by atoms with Gasteiger partial charge in [-0.2, -0.15) is 0 Å². The van der Waals surface area contributed by atoms with Crippen molar-refractivity contribution in [3.05, 3.63) is 65.2 Å². The Labute approximate surface area is 149 Å². The average molecular weight is 349 g/mol. The number of carbonyl (C=O) groups excluding carboxylic acids is 1. The lowest BCUT2D eigenvalue weighted by atomic mass is 9.95. The van der Waals surface area contributed by atoms with Crippen molar-refractivity contribution in [1.29, 1.82) is 0 Å². The molecule has 2 rings (SSSR count). The molecular formula is C19H25ClN2O2. The van der Waals surface area contributed by atoms with Crippen LogP contribution in [0, 0.1) is 5.92 Å². The molecule has 0 saturated heterocycles. The summed E-state index contributed by atoms with van der Waals surface area (Å²) in [5.41, 5.74) is 8.30. The Morgan fingerprint density at radius 2 is 1.67 bits per heavy atom. The maximum Gasteiger partial charge on any atom is 0.251 e. The molecule has 0 spiro atoms. The maximum atomic E-state index is 12.5. The lowest BCUT2D eigenvalue weighted by Crippen LogP contribution is -2.31. The van der Waals surface area contributed by atoms with Crippen molar-refractivity contribution in [2.24, 2.45) is 11.7 Å². The Morgan fingerprint density at radius 1 is 1.08 bits per heavy atom. The minimum absolute atomic E-state index is 0. The van der Waals surface area contributed by atoms with E-state index in [1.165, 1.54) is 0 Å². The highest BCUT2D eigenvalue weighted by atomic mass is 35.5. The fourth-order valence-corrected chi connectivity index (χ4v) is 2.46. The van der Waals surface area contributed by atoms with Gasteiger partial charge in [0, 0.05) is 12.1 Å². The molecule has 1 amide bonds. The first-order valence-corrected chi connectivity index (χ1v) is 7.79. The zero-order chi connectivity index (χ0) is 16.8. The van der Waals surface area contributed by atoms with Gasteiger partial charge in [-0.25, -0.2) is 0 Å². The number of ether oxygens (including phenoxy) is 1. The van der Waals surface area contributed by atoms with E-state index in [4.69, 9.17) is 10.5 Å². The summed E-state index contributed by atoms with van der Waals surface area (Å²) in [6.07, 6.45) is 0. The van der Waals surface area contributed by atoms with Gasteiger partial charge in [0.1, 0.15) is 5.75 Å². The Morgan fingerprint density at radius 3 is 2.12 bits per heavy atom. The molecule has 0 aliphatic carbocycles. The Balaban J connectivity index is 0.00000288. The van der Waals surface area contributed by atoms with Crippen LogP contribution in [-0.4, -0.2) is 13.0 Å². The smallest absolute Gasteiger partial charge is 0.251 e. The van der Waals surface area contributed by atoms with E-state index in [1.54, 1.807) is 7.11 Å². The van der Waals surface area contributed by atoms with Crippen LogP contribution in [0.3, 0.4) is 0 Å². The van der Waals surface area contributed by atoms with Crippen molar-refractivity contribution in [3.63, 3.8) is 0 Å². The first-order chi connectivity index (χ1) is 11.0. The summed E-state index contributed by atoms with van der Waals surface area (Å²) in [4.78, 5) is 12.5. The van der Waals surface area contributed by atoms with Crippen LogP contribution in [0.4, 0.5) is 0 Å². The number of methoxy groups -OCH3 is 1. The van der Waals surface area contributed by atoms with Crippen LogP contribution in [0.5, 0.6) is 5.75 Å². The number of benzene rings is 2. The van der Waals surface area contributed by atoms with Gasteiger partial charge in [0.05, 0.1) is 13.2 Å². The monoisotopic (exact) mass is 348 g/mol. The van der Waals surface area contributed by atoms with Crippen molar-refractivity contribution in [2.75, 3.05) is 7.11 Å². The molecule has 0 fully saturated rings. The highest BCUT2D eigenvalue weighted by Gasteiger charge is 2.19. The molecule has 0 aliphatic heterocycles. The quantitative estimate of drug-likeness (QED) is 0.836. The third kappa shape index (κ3) is 4.98. The van der Waals surface area contributed by atoms with Crippen LogP contribution in [0.2, 0.25) is 0 Å². The van der Waals surface area contributed by atoms with Gasteiger partial charge in [0.15, 0.2) is 0 Å². The number of nitrogens with two attached hydrogens (primary N) is 1. The fourth-order valence-electron chi connectivity index (χ4n) is 2.46. The number of nitrogens with one attached hydrogen (secondary N) is 1. The minimum Gasteiger partial charge on any atom is -0.497 e. The molecule has 1 atom stereocenters. The molecule has 2 aromatic rings. The maximum absolute atomic E-state index is 12.5. The van der Waals surface area contributed by atoms with Gasteiger partial charge in [-0.05, 0) is 41.3 Å². The van der Waals surface area contributed by atoms with E-state index < -0.39 is 0 Å². The van der Waals surface area contributed by atoms with E-state index in [9.17, 15) is 4.79 Å². The van der Waals surface area contributed by atoms with Crippen molar-refractivity contribution < 1.29 is 9.53 Å². The summed E-state index contributed by atoms with van der Waals surface area (Å²) in [5, 5.41) is 3.11. The third-order valence-electron chi connectivity index (χ3n) is 3.88. The second-order valence-corrected chi connectivity index (χ2v) is 5.87. The number of halogens is 1. The number of carbonyl (C=O) groups is 1. The summed E-state index contributed by atoms with van der Waals surface area (Å²) in [7, 11) is 1.64. The lowest BCUT2D eigenvalue weighted by molar-refractivity contribution is 0.0925. The summed E-state index contributed by atoms with van der Waals surface area (Å²) in [5.74, 6) is 0.999. The summed E-state index contributed by atoms with van der Waals surface area (Å²) < 4.78 is 5.18. The molecule has 0 aromatic heterocycles. The van der Waals surface area contributed by atoms with Crippen LogP contribution >= 0.6 is 12.4 Å². The van der Waals surface area contributed by atoms with E-state index in [2.05, 4.69) is 19.2 Å². The van der Waals surface area contributed by atoms with Crippen LogP contribution in [0.25, 0.3) is 0 Å². The summed E-state index contributed by atoms with van der Waals surface area (Å²) in [6.45, 7) is 4.65. The first-order valence-electron chi connectivity index (χ1n) is 7.79. The SMILES string of the molecule is COc1ccc(C(NC(=O)c2ccc(CN)cc2)C(C)C)cc1.Cl. The molecule has 0 saturated carbocycles. The van der Waals surface area contributed by atoms with Gasteiger partial charge in [0.2, 0.25) is 0 Å². The van der Waals surface area contributed by atoms with Gasteiger partial charge in [-0.15, -0.1) is 12.4 Å². The highest BCUT2D eigenvalue weighted by Crippen LogP contribution is 2.24. The van der Waals surface area contributed by atoms with Gasteiger partial charge >= 0.3 is 0 Å². The molecule has 3 N–H and O–H groups in total. The number of hydrogen-bond donors (Lipinski definition) is 2. The minimum atomic E-state index is -0.0805.